The van der Waals surface area contributed by atoms with E-state index >= 15 is 0 Å². The van der Waals surface area contributed by atoms with Gasteiger partial charge in [0.2, 0.25) is 0 Å². The molecule has 0 radical (unpaired) electrons. The predicted octanol–water partition coefficient (Wildman–Crippen LogP) is 3.09. The van der Waals surface area contributed by atoms with E-state index in [1.54, 1.807) is 7.11 Å². The first-order valence-electron chi connectivity index (χ1n) is 4.58. The smallest absolute Gasteiger partial charge is 0.126 e. The van der Waals surface area contributed by atoms with Crippen molar-refractivity contribution >= 4 is 15.9 Å². The number of benzene rings is 1. The Morgan fingerprint density at radius 1 is 1.43 bits per heavy atom. The van der Waals surface area contributed by atoms with Gasteiger partial charge in [0.1, 0.15) is 5.75 Å². The Morgan fingerprint density at radius 3 is 2.43 bits per heavy atom. The van der Waals surface area contributed by atoms with E-state index in [4.69, 9.17) is 10.5 Å². The number of methoxy groups -OCH3 is 1. The van der Waals surface area contributed by atoms with Crippen molar-refractivity contribution in [3.8, 4) is 5.75 Å². The number of halogens is 1. The molecule has 0 saturated heterocycles. The second-order valence-electron chi connectivity index (χ2n) is 3.54. The van der Waals surface area contributed by atoms with Gasteiger partial charge in [-0.1, -0.05) is 15.9 Å². The molecule has 0 heterocycles. The monoisotopic (exact) mass is 257 g/mol. The van der Waals surface area contributed by atoms with Crippen molar-refractivity contribution in [2.24, 2.45) is 5.73 Å². The fourth-order valence-electron chi connectivity index (χ4n) is 1.69. The quantitative estimate of drug-likeness (QED) is 0.884. The maximum Gasteiger partial charge on any atom is 0.126 e. The van der Waals surface area contributed by atoms with Gasteiger partial charge in [-0.3, -0.25) is 0 Å². The summed E-state index contributed by atoms with van der Waals surface area (Å²) in [6.45, 7) is 6.04. The van der Waals surface area contributed by atoms with Crippen molar-refractivity contribution < 1.29 is 4.74 Å². The van der Waals surface area contributed by atoms with Gasteiger partial charge >= 0.3 is 0 Å². The lowest BCUT2D eigenvalue weighted by molar-refractivity contribution is 0.403. The molecule has 0 saturated carbocycles. The molecule has 2 N–H and O–H groups in total. The van der Waals surface area contributed by atoms with E-state index in [2.05, 4.69) is 22.0 Å². The maximum atomic E-state index is 5.93. The van der Waals surface area contributed by atoms with E-state index in [-0.39, 0.29) is 6.04 Å². The van der Waals surface area contributed by atoms with Crippen LogP contribution in [0.5, 0.6) is 5.75 Å². The van der Waals surface area contributed by atoms with Crippen molar-refractivity contribution in [1.29, 1.82) is 0 Å². The van der Waals surface area contributed by atoms with Crippen LogP contribution in [0.2, 0.25) is 0 Å². The van der Waals surface area contributed by atoms with Crippen LogP contribution < -0.4 is 10.5 Å². The number of aryl methyl sites for hydroxylation is 1. The molecule has 0 fully saturated rings. The van der Waals surface area contributed by atoms with Crippen molar-refractivity contribution in [2.45, 2.75) is 26.8 Å². The average Bonchev–Trinajstić information content (AvgIpc) is 2.10. The van der Waals surface area contributed by atoms with Gasteiger partial charge in [0.05, 0.1) is 7.11 Å². The van der Waals surface area contributed by atoms with Crippen LogP contribution >= 0.6 is 15.9 Å². The van der Waals surface area contributed by atoms with Gasteiger partial charge < -0.3 is 10.5 Å². The number of nitrogens with two attached hydrogens (primary N) is 1. The molecule has 0 aliphatic heterocycles. The van der Waals surface area contributed by atoms with Crippen LogP contribution in [-0.4, -0.2) is 7.11 Å². The first-order chi connectivity index (χ1) is 6.49. The van der Waals surface area contributed by atoms with Crippen molar-refractivity contribution in [1.82, 2.24) is 0 Å². The lowest BCUT2D eigenvalue weighted by Gasteiger charge is -2.18. The molecular weight excluding hydrogens is 242 g/mol. The van der Waals surface area contributed by atoms with Gasteiger partial charge in [-0.05, 0) is 38.0 Å². The summed E-state index contributed by atoms with van der Waals surface area (Å²) in [7, 11) is 1.68. The minimum Gasteiger partial charge on any atom is -0.496 e. The number of hydrogen-bond acceptors (Lipinski definition) is 2. The van der Waals surface area contributed by atoms with Gasteiger partial charge in [0.15, 0.2) is 0 Å². The topological polar surface area (TPSA) is 35.2 Å². The molecule has 0 unspecified atom stereocenters. The second kappa shape index (κ2) is 4.32. The Morgan fingerprint density at radius 2 is 2.00 bits per heavy atom. The lowest BCUT2D eigenvalue weighted by atomic mass is 9.99. The molecule has 2 nitrogen and oxygen atoms in total. The third-order valence-corrected chi connectivity index (χ3v) is 3.19. The summed E-state index contributed by atoms with van der Waals surface area (Å²) in [5, 5.41) is 0. The molecule has 1 rings (SSSR count). The zero-order valence-electron chi connectivity index (χ0n) is 9.02. The van der Waals surface area contributed by atoms with Gasteiger partial charge in [-0.2, -0.15) is 0 Å². The molecule has 0 aromatic heterocycles. The summed E-state index contributed by atoms with van der Waals surface area (Å²) in [5.74, 6) is 0.903. The van der Waals surface area contributed by atoms with Crippen LogP contribution in [0.4, 0.5) is 0 Å². The van der Waals surface area contributed by atoms with Crippen molar-refractivity contribution in [3.05, 3.63) is 27.2 Å². The van der Waals surface area contributed by atoms with Gasteiger partial charge in [-0.15, -0.1) is 0 Å². The minimum atomic E-state index is -0.0128. The van der Waals surface area contributed by atoms with Crippen LogP contribution in [-0.2, 0) is 0 Å². The zero-order valence-corrected chi connectivity index (χ0v) is 10.6. The molecule has 78 valence electrons. The van der Waals surface area contributed by atoms with E-state index in [0.717, 1.165) is 26.9 Å². The Bertz CT molecular complexity index is 348. The summed E-state index contributed by atoms with van der Waals surface area (Å²) < 4.78 is 6.46. The van der Waals surface area contributed by atoms with Crippen molar-refractivity contribution in [3.63, 3.8) is 0 Å². The van der Waals surface area contributed by atoms with Crippen LogP contribution in [0, 0.1) is 13.8 Å². The van der Waals surface area contributed by atoms with Gasteiger partial charge in [0, 0.05) is 16.1 Å². The van der Waals surface area contributed by atoms with Crippen molar-refractivity contribution in [2.75, 3.05) is 7.11 Å². The lowest BCUT2D eigenvalue weighted by Crippen LogP contribution is -2.10. The Balaban J connectivity index is 3.48. The fourth-order valence-corrected chi connectivity index (χ4v) is 2.25. The molecule has 0 spiro atoms. The van der Waals surface area contributed by atoms with Crippen LogP contribution in [0.25, 0.3) is 0 Å². The number of hydrogen-bond donors (Lipinski definition) is 1. The maximum absolute atomic E-state index is 5.93. The summed E-state index contributed by atoms with van der Waals surface area (Å²) in [5.41, 5.74) is 9.27. The normalized spacial score (nSPS) is 12.7. The first kappa shape index (κ1) is 11.5. The predicted molar refractivity (Wildman–Crippen MR) is 62.8 cm³/mol. The molecule has 1 aromatic carbocycles. The Labute approximate surface area is 93.6 Å². The molecule has 1 aromatic rings. The fraction of sp³-hybridized carbons (Fsp3) is 0.455. The Hall–Kier alpha value is -0.540. The summed E-state index contributed by atoms with van der Waals surface area (Å²) >= 11 is 3.52. The van der Waals surface area contributed by atoms with E-state index in [9.17, 15) is 0 Å². The van der Waals surface area contributed by atoms with Crippen LogP contribution in [0.1, 0.15) is 29.7 Å². The van der Waals surface area contributed by atoms with Crippen LogP contribution in [0.3, 0.4) is 0 Å². The highest BCUT2D eigenvalue weighted by molar-refractivity contribution is 9.10. The van der Waals surface area contributed by atoms with E-state index in [1.165, 1.54) is 0 Å². The molecule has 0 bridgehead atoms. The molecule has 14 heavy (non-hydrogen) atoms. The first-order valence-corrected chi connectivity index (χ1v) is 5.37. The molecule has 0 aliphatic carbocycles. The number of rotatable bonds is 2. The third kappa shape index (κ3) is 1.93. The van der Waals surface area contributed by atoms with Gasteiger partial charge in [0.25, 0.3) is 0 Å². The molecular formula is C11H16BrNO. The minimum absolute atomic E-state index is 0.0128. The highest BCUT2D eigenvalue weighted by Gasteiger charge is 2.15. The summed E-state index contributed by atoms with van der Waals surface area (Å²) in [4.78, 5) is 0. The van der Waals surface area contributed by atoms with E-state index in [0.29, 0.717) is 0 Å². The summed E-state index contributed by atoms with van der Waals surface area (Å²) in [6.07, 6.45) is 0. The Kier molecular flexibility index (Phi) is 3.56. The molecule has 1 atom stereocenters. The SMILES string of the molecule is COc1c(C)cc(Br)c(C)c1[C@H](C)N. The highest BCUT2D eigenvalue weighted by atomic mass is 79.9. The van der Waals surface area contributed by atoms with Crippen LogP contribution in [0.15, 0.2) is 10.5 Å². The third-order valence-electron chi connectivity index (χ3n) is 2.37. The average molecular weight is 258 g/mol. The standard InChI is InChI=1S/C11H16BrNO/c1-6-5-9(12)7(2)10(8(3)13)11(6)14-4/h5,8H,13H2,1-4H3/t8-/m0/s1. The van der Waals surface area contributed by atoms with Gasteiger partial charge in [-0.25, -0.2) is 0 Å². The largest absolute Gasteiger partial charge is 0.496 e. The summed E-state index contributed by atoms with van der Waals surface area (Å²) in [6, 6.07) is 2.04. The molecule has 0 aliphatic rings. The molecule has 3 heteroatoms. The second-order valence-corrected chi connectivity index (χ2v) is 4.39. The van der Waals surface area contributed by atoms with E-state index < -0.39 is 0 Å². The number of ether oxygens (including phenoxy) is 1. The molecule has 0 amide bonds. The zero-order chi connectivity index (χ0) is 10.9. The van der Waals surface area contributed by atoms with E-state index in [1.807, 2.05) is 20.8 Å². The highest BCUT2D eigenvalue weighted by Crippen LogP contribution is 2.35.